The maximum absolute atomic E-state index is 5.71. The third-order valence-electron chi connectivity index (χ3n) is 1.90. The Labute approximate surface area is 70.3 Å². The lowest BCUT2D eigenvalue weighted by Crippen LogP contribution is -2.18. The summed E-state index contributed by atoms with van der Waals surface area (Å²) in [4.78, 5) is 0. The van der Waals surface area contributed by atoms with Gasteiger partial charge in [0.25, 0.3) is 0 Å². The predicted octanol–water partition coefficient (Wildman–Crippen LogP) is 1.44. The van der Waals surface area contributed by atoms with Gasteiger partial charge >= 0.3 is 0 Å². The van der Waals surface area contributed by atoms with Gasteiger partial charge in [-0.3, -0.25) is 0 Å². The Morgan fingerprint density at radius 1 is 1.73 bits per heavy atom. The van der Waals surface area contributed by atoms with E-state index in [1.807, 2.05) is 10.9 Å². The highest BCUT2D eigenvalue weighted by Gasteiger charge is 2.12. The lowest BCUT2D eigenvalue weighted by molar-refractivity contribution is 0.567. The first-order valence-electron chi connectivity index (χ1n) is 3.76. The number of anilines is 1. The van der Waals surface area contributed by atoms with Gasteiger partial charge in [0.2, 0.25) is 0 Å². The molecule has 4 heteroatoms. The summed E-state index contributed by atoms with van der Waals surface area (Å²) in [5.74, 6) is 1.65. The Bertz CT molecular complexity index is 243. The normalized spacial score (nSPS) is 15.7. The number of halogens is 1. The van der Waals surface area contributed by atoms with Crippen molar-refractivity contribution in [3.63, 3.8) is 0 Å². The van der Waals surface area contributed by atoms with Gasteiger partial charge in [-0.25, -0.2) is 4.68 Å². The van der Waals surface area contributed by atoms with E-state index >= 15 is 0 Å². The summed E-state index contributed by atoms with van der Waals surface area (Å²) in [5, 5.41) is 7.48. The maximum atomic E-state index is 5.71. The maximum Gasteiger partial charge on any atom is 0.128 e. The van der Waals surface area contributed by atoms with Crippen LogP contribution >= 0.6 is 11.6 Å². The molecule has 0 spiro atoms. The van der Waals surface area contributed by atoms with Gasteiger partial charge in [-0.2, -0.15) is 5.10 Å². The molecule has 1 aromatic rings. The first-order chi connectivity index (χ1) is 5.42. The van der Waals surface area contributed by atoms with Gasteiger partial charge in [0.05, 0.1) is 12.1 Å². The molecule has 0 fully saturated rings. The van der Waals surface area contributed by atoms with E-state index in [1.54, 1.807) is 0 Å². The largest absolute Gasteiger partial charge is 0.370 e. The number of nitrogens with zero attached hydrogens (tertiary/aromatic N) is 2. The number of hydrogen-bond donors (Lipinski definition) is 1. The fourth-order valence-electron chi connectivity index (χ4n) is 1.33. The van der Waals surface area contributed by atoms with Crippen molar-refractivity contribution in [2.45, 2.75) is 18.8 Å². The molecule has 0 unspecified atom stereocenters. The number of rotatable bonds is 1. The first-order valence-corrected chi connectivity index (χ1v) is 4.30. The van der Waals surface area contributed by atoms with Crippen molar-refractivity contribution in [2.24, 2.45) is 0 Å². The Balaban J connectivity index is 2.38. The van der Waals surface area contributed by atoms with Crippen LogP contribution in [-0.4, -0.2) is 16.3 Å². The fourth-order valence-corrected chi connectivity index (χ4v) is 1.53. The number of hydrogen-bond acceptors (Lipinski definition) is 2. The lowest BCUT2D eigenvalue weighted by Gasteiger charge is -2.16. The second kappa shape index (κ2) is 2.74. The van der Waals surface area contributed by atoms with E-state index in [1.165, 1.54) is 0 Å². The summed E-state index contributed by atoms with van der Waals surface area (Å²) in [6.45, 7) is 2.05. The van der Waals surface area contributed by atoms with Gasteiger partial charge in [-0.1, -0.05) is 0 Å². The monoisotopic (exact) mass is 171 g/mol. The number of aromatic nitrogens is 2. The van der Waals surface area contributed by atoms with Crippen LogP contribution in [0.15, 0.2) is 6.20 Å². The highest BCUT2D eigenvalue weighted by Crippen LogP contribution is 2.20. The van der Waals surface area contributed by atoms with E-state index in [0.717, 1.165) is 30.9 Å². The number of aryl methyl sites for hydroxylation is 1. The fraction of sp³-hybridized carbons (Fsp3) is 0.571. The van der Waals surface area contributed by atoms with Gasteiger partial charge in [0.1, 0.15) is 5.82 Å². The number of nitrogens with one attached hydrogen (secondary N) is 1. The highest BCUT2D eigenvalue weighted by atomic mass is 35.5. The molecule has 2 rings (SSSR count). The molecule has 1 aromatic heterocycles. The van der Waals surface area contributed by atoms with E-state index in [0.29, 0.717) is 5.88 Å². The number of alkyl halides is 1. The zero-order valence-electron chi connectivity index (χ0n) is 6.18. The molecule has 2 heterocycles. The zero-order chi connectivity index (χ0) is 7.68. The second-order valence-electron chi connectivity index (χ2n) is 2.66. The van der Waals surface area contributed by atoms with E-state index < -0.39 is 0 Å². The molecular weight excluding hydrogens is 162 g/mol. The molecule has 0 amide bonds. The van der Waals surface area contributed by atoms with E-state index in [4.69, 9.17) is 11.6 Å². The van der Waals surface area contributed by atoms with Gasteiger partial charge < -0.3 is 5.32 Å². The molecule has 0 saturated carbocycles. The van der Waals surface area contributed by atoms with Gasteiger partial charge in [-0.15, -0.1) is 11.6 Å². The summed E-state index contributed by atoms with van der Waals surface area (Å²) in [6, 6.07) is 0. The first kappa shape index (κ1) is 6.98. The van der Waals surface area contributed by atoms with E-state index in [9.17, 15) is 0 Å². The average molecular weight is 172 g/mol. The van der Waals surface area contributed by atoms with Crippen molar-refractivity contribution in [2.75, 3.05) is 11.9 Å². The molecule has 0 bridgehead atoms. The van der Waals surface area contributed by atoms with Crippen LogP contribution in [0, 0.1) is 0 Å². The molecule has 0 atom stereocenters. The van der Waals surface area contributed by atoms with E-state index in [-0.39, 0.29) is 0 Å². The molecule has 0 radical (unpaired) electrons. The predicted molar refractivity (Wildman–Crippen MR) is 44.9 cm³/mol. The van der Waals surface area contributed by atoms with Gasteiger partial charge in [-0.05, 0) is 6.42 Å². The smallest absolute Gasteiger partial charge is 0.128 e. The van der Waals surface area contributed by atoms with Crippen LogP contribution in [0.4, 0.5) is 5.82 Å². The molecule has 60 valence electrons. The highest BCUT2D eigenvalue weighted by molar-refractivity contribution is 6.17. The van der Waals surface area contributed by atoms with Crippen LogP contribution in [0.2, 0.25) is 0 Å². The van der Waals surface area contributed by atoms with Crippen molar-refractivity contribution < 1.29 is 0 Å². The third kappa shape index (κ3) is 1.09. The van der Waals surface area contributed by atoms with Crippen molar-refractivity contribution in [3.05, 3.63) is 11.8 Å². The summed E-state index contributed by atoms with van der Waals surface area (Å²) >= 11 is 5.71. The molecule has 1 N–H and O–H groups in total. The Hall–Kier alpha value is -0.700. The minimum atomic E-state index is 0.544. The minimum Gasteiger partial charge on any atom is -0.370 e. The van der Waals surface area contributed by atoms with Crippen LogP contribution in [0.25, 0.3) is 0 Å². The van der Waals surface area contributed by atoms with Crippen LogP contribution in [0.5, 0.6) is 0 Å². The molecule has 0 aromatic carbocycles. The third-order valence-corrected chi connectivity index (χ3v) is 2.19. The molecule has 1 aliphatic heterocycles. The lowest BCUT2D eigenvalue weighted by atomic mass is 10.3. The molecular formula is C7H10ClN3. The summed E-state index contributed by atoms with van der Waals surface area (Å²) in [6.07, 6.45) is 2.98. The number of fused-ring (bicyclic) bond motifs is 1. The van der Waals surface area contributed by atoms with E-state index in [2.05, 4.69) is 10.4 Å². The quantitative estimate of drug-likeness (QED) is 0.648. The zero-order valence-corrected chi connectivity index (χ0v) is 6.93. The van der Waals surface area contributed by atoms with Crippen molar-refractivity contribution in [1.82, 2.24) is 9.78 Å². The van der Waals surface area contributed by atoms with Crippen molar-refractivity contribution >= 4 is 17.4 Å². The van der Waals surface area contributed by atoms with Crippen LogP contribution < -0.4 is 5.32 Å². The summed E-state index contributed by atoms with van der Waals surface area (Å²) in [7, 11) is 0. The molecule has 3 nitrogen and oxygen atoms in total. The Morgan fingerprint density at radius 2 is 2.64 bits per heavy atom. The van der Waals surface area contributed by atoms with Gasteiger partial charge in [0, 0.05) is 18.7 Å². The Kier molecular flexibility index (Phi) is 1.74. The van der Waals surface area contributed by atoms with Gasteiger partial charge in [0.15, 0.2) is 0 Å². The van der Waals surface area contributed by atoms with Crippen molar-refractivity contribution in [1.29, 1.82) is 0 Å². The summed E-state index contributed by atoms with van der Waals surface area (Å²) in [5.41, 5.74) is 1.10. The summed E-state index contributed by atoms with van der Waals surface area (Å²) < 4.78 is 1.97. The second-order valence-corrected chi connectivity index (χ2v) is 2.92. The van der Waals surface area contributed by atoms with Crippen LogP contribution in [-0.2, 0) is 12.4 Å². The topological polar surface area (TPSA) is 29.9 Å². The SMILES string of the molecule is ClCc1cnn2c1NCCC2. The Morgan fingerprint density at radius 3 is 3.45 bits per heavy atom. The van der Waals surface area contributed by atoms with Crippen LogP contribution in [0.1, 0.15) is 12.0 Å². The van der Waals surface area contributed by atoms with Crippen LogP contribution in [0.3, 0.4) is 0 Å². The average Bonchev–Trinajstić information content (AvgIpc) is 2.47. The standard InChI is InChI=1S/C7H10ClN3/c8-4-6-5-10-11-3-1-2-9-7(6)11/h5,9H,1-4H2. The minimum absolute atomic E-state index is 0.544. The van der Waals surface area contributed by atoms with Crippen molar-refractivity contribution in [3.8, 4) is 0 Å². The molecule has 11 heavy (non-hydrogen) atoms. The molecule has 0 saturated heterocycles. The molecule has 1 aliphatic rings. The molecule has 0 aliphatic carbocycles.